The van der Waals surface area contributed by atoms with E-state index >= 15 is 0 Å². The van der Waals surface area contributed by atoms with Gasteiger partial charge >= 0.3 is 0 Å². The number of hydrogen-bond acceptors (Lipinski definition) is 0. The SMILES string of the molecule is [CH2]Cc1cccc2c(Br)c(Br)ccc12. The summed E-state index contributed by atoms with van der Waals surface area (Å²) in [5, 5.41) is 2.51. The van der Waals surface area contributed by atoms with Gasteiger partial charge in [-0.3, -0.25) is 0 Å². The number of fused-ring (bicyclic) bond motifs is 1. The van der Waals surface area contributed by atoms with Gasteiger partial charge in [0.05, 0.1) is 0 Å². The molecule has 0 aromatic heterocycles. The molecule has 0 saturated heterocycles. The molecule has 14 heavy (non-hydrogen) atoms. The molecule has 0 aliphatic heterocycles. The minimum atomic E-state index is 0.825. The van der Waals surface area contributed by atoms with Gasteiger partial charge in [0.25, 0.3) is 0 Å². The third-order valence-electron chi connectivity index (χ3n) is 2.31. The third kappa shape index (κ3) is 1.61. The van der Waals surface area contributed by atoms with Gasteiger partial charge in [0, 0.05) is 8.95 Å². The summed E-state index contributed by atoms with van der Waals surface area (Å²) in [5.74, 6) is 0. The van der Waals surface area contributed by atoms with Gasteiger partial charge in [0.2, 0.25) is 0 Å². The van der Waals surface area contributed by atoms with E-state index in [-0.39, 0.29) is 0 Å². The second kappa shape index (κ2) is 4.03. The summed E-state index contributed by atoms with van der Waals surface area (Å²) in [4.78, 5) is 0. The summed E-state index contributed by atoms with van der Waals surface area (Å²) in [6.45, 7) is 3.93. The molecule has 0 atom stereocenters. The van der Waals surface area contributed by atoms with Gasteiger partial charge < -0.3 is 0 Å². The van der Waals surface area contributed by atoms with E-state index in [9.17, 15) is 0 Å². The normalized spacial score (nSPS) is 10.8. The van der Waals surface area contributed by atoms with Crippen LogP contribution in [0.25, 0.3) is 10.8 Å². The molecular weight excluding hydrogens is 304 g/mol. The predicted molar refractivity (Wildman–Crippen MR) is 68.4 cm³/mol. The van der Waals surface area contributed by atoms with Crippen LogP contribution in [0.4, 0.5) is 0 Å². The fourth-order valence-electron chi connectivity index (χ4n) is 1.58. The molecular formula is C12H9Br2. The van der Waals surface area contributed by atoms with Gasteiger partial charge in [-0.1, -0.05) is 24.3 Å². The van der Waals surface area contributed by atoms with Crippen molar-refractivity contribution in [1.29, 1.82) is 0 Å². The van der Waals surface area contributed by atoms with Gasteiger partial charge in [0.1, 0.15) is 0 Å². The maximum atomic E-state index is 3.93. The van der Waals surface area contributed by atoms with Crippen molar-refractivity contribution in [2.75, 3.05) is 0 Å². The monoisotopic (exact) mass is 311 g/mol. The van der Waals surface area contributed by atoms with E-state index in [1.54, 1.807) is 0 Å². The van der Waals surface area contributed by atoms with Gasteiger partial charge in [0.15, 0.2) is 0 Å². The Kier molecular flexibility index (Phi) is 2.93. The zero-order chi connectivity index (χ0) is 10.1. The quantitative estimate of drug-likeness (QED) is 0.713. The molecule has 0 bridgehead atoms. The van der Waals surface area contributed by atoms with Crippen molar-refractivity contribution in [3.05, 3.63) is 51.8 Å². The largest absolute Gasteiger partial charge is 0.0613 e. The molecule has 2 heteroatoms. The molecule has 2 aromatic carbocycles. The predicted octanol–water partition coefficient (Wildman–Crippen LogP) is 4.74. The average Bonchev–Trinajstić information content (AvgIpc) is 2.23. The van der Waals surface area contributed by atoms with Crippen LogP contribution in [-0.2, 0) is 6.42 Å². The highest BCUT2D eigenvalue weighted by Gasteiger charge is 2.04. The highest BCUT2D eigenvalue weighted by Crippen LogP contribution is 2.32. The molecule has 2 rings (SSSR count). The van der Waals surface area contributed by atoms with Crippen molar-refractivity contribution < 1.29 is 0 Å². The number of rotatable bonds is 1. The lowest BCUT2D eigenvalue weighted by molar-refractivity contribution is 1.30. The van der Waals surface area contributed by atoms with Crippen molar-refractivity contribution in [2.45, 2.75) is 6.42 Å². The van der Waals surface area contributed by atoms with Crippen molar-refractivity contribution in [3.63, 3.8) is 0 Å². The first-order valence-electron chi connectivity index (χ1n) is 4.39. The Morgan fingerprint density at radius 2 is 1.79 bits per heavy atom. The van der Waals surface area contributed by atoms with Crippen LogP contribution in [0, 0.1) is 6.92 Å². The summed E-state index contributed by atoms with van der Waals surface area (Å²) < 4.78 is 2.21. The van der Waals surface area contributed by atoms with Crippen LogP contribution in [0.3, 0.4) is 0 Å². The zero-order valence-corrected chi connectivity index (χ0v) is 10.7. The molecule has 0 aliphatic rings. The molecule has 0 amide bonds. The number of benzene rings is 2. The van der Waals surface area contributed by atoms with E-state index < -0.39 is 0 Å². The molecule has 0 aliphatic carbocycles. The summed E-state index contributed by atoms with van der Waals surface area (Å²) in [6.07, 6.45) is 0.825. The Hall–Kier alpha value is -0.340. The average molecular weight is 313 g/mol. The Morgan fingerprint density at radius 3 is 2.50 bits per heavy atom. The fourth-order valence-corrected chi connectivity index (χ4v) is 2.40. The summed E-state index contributed by atoms with van der Waals surface area (Å²) in [5.41, 5.74) is 1.29. The van der Waals surface area contributed by atoms with Gasteiger partial charge in [-0.05, 0) is 67.6 Å². The lowest BCUT2D eigenvalue weighted by atomic mass is 10.0. The Balaban J connectivity index is 2.86. The summed E-state index contributed by atoms with van der Waals surface area (Å²) >= 11 is 7.08. The molecule has 0 saturated carbocycles. The van der Waals surface area contributed by atoms with E-state index in [1.165, 1.54) is 16.3 Å². The molecule has 0 nitrogen and oxygen atoms in total. The summed E-state index contributed by atoms with van der Waals surface area (Å²) in [7, 11) is 0. The standard InChI is InChI=1S/C12H9Br2/c1-2-8-4-3-5-10-9(8)6-7-11(13)12(10)14/h3-7H,1-2H2. The molecule has 71 valence electrons. The fraction of sp³-hybridized carbons (Fsp3) is 0.0833. The first-order valence-corrected chi connectivity index (χ1v) is 5.97. The van der Waals surface area contributed by atoms with Crippen LogP contribution in [0.15, 0.2) is 39.3 Å². The summed E-state index contributed by atoms with van der Waals surface area (Å²) in [6, 6.07) is 10.5. The van der Waals surface area contributed by atoms with Crippen LogP contribution >= 0.6 is 31.9 Å². The highest BCUT2D eigenvalue weighted by molar-refractivity contribution is 9.13. The maximum absolute atomic E-state index is 3.93. The van der Waals surface area contributed by atoms with Crippen LogP contribution in [0.1, 0.15) is 5.56 Å². The molecule has 0 heterocycles. The molecule has 0 fully saturated rings. The molecule has 1 radical (unpaired) electrons. The first kappa shape index (κ1) is 10.2. The number of halogens is 2. The Morgan fingerprint density at radius 1 is 1.00 bits per heavy atom. The molecule has 0 spiro atoms. The lowest BCUT2D eigenvalue weighted by Crippen LogP contribution is -1.84. The molecule has 2 aromatic rings. The van der Waals surface area contributed by atoms with Crippen molar-refractivity contribution in [2.24, 2.45) is 0 Å². The minimum absolute atomic E-state index is 0.825. The number of hydrogen-bond donors (Lipinski definition) is 0. The lowest BCUT2D eigenvalue weighted by Gasteiger charge is -2.06. The van der Waals surface area contributed by atoms with Crippen LogP contribution in [0.5, 0.6) is 0 Å². The van der Waals surface area contributed by atoms with Gasteiger partial charge in [-0.25, -0.2) is 0 Å². The maximum Gasteiger partial charge on any atom is 0.0395 e. The van der Waals surface area contributed by atoms with E-state index in [0.717, 1.165) is 15.4 Å². The molecule has 0 N–H and O–H groups in total. The Bertz CT molecular complexity index is 475. The second-order valence-corrected chi connectivity index (χ2v) is 4.77. The third-order valence-corrected chi connectivity index (χ3v) is 4.36. The van der Waals surface area contributed by atoms with E-state index in [1.807, 2.05) is 0 Å². The smallest absolute Gasteiger partial charge is 0.0395 e. The van der Waals surface area contributed by atoms with E-state index in [2.05, 4.69) is 69.1 Å². The van der Waals surface area contributed by atoms with E-state index in [4.69, 9.17) is 0 Å². The van der Waals surface area contributed by atoms with E-state index in [0.29, 0.717) is 0 Å². The van der Waals surface area contributed by atoms with Crippen LogP contribution in [0.2, 0.25) is 0 Å². The van der Waals surface area contributed by atoms with Crippen LogP contribution in [-0.4, -0.2) is 0 Å². The van der Waals surface area contributed by atoms with Crippen molar-refractivity contribution in [1.82, 2.24) is 0 Å². The van der Waals surface area contributed by atoms with Crippen molar-refractivity contribution in [3.8, 4) is 0 Å². The second-order valence-electron chi connectivity index (χ2n) is 3.12. The van der Waals surface area contributed by atoms with Crippen LogP contribution < -0.4 is 0 Å². The topological polar surface area (TPSA) is 0 Å². The van der Waals surface area contributed by atoms with Gasteiger partial charge in [-0.2, -0.15) is 0 Å². The van der Waals surface area contributed by atoms with Gasteiger partial charge in [-0.15, -0.1) is 0 Å². The first-order chi connectivity index (χ1) is 6.74. The molecule has 0 unspecified atom stereocenters. The highest BCUT2D eigenvalue weighted by atomic mass is 79.9. The Labute approximate surface area is 101 Å². The zero-order valence-electron chi connectivity index (χ0n) is 7.56. The minimum Gasteiger partial charge on any atom is -0.0613 e. The van der Waals surface area contributed by atoms with Crippen molar-refractivity contribution >= 4 is 42.6 Å².